The molecule has 1 heterocycles. The number of carbonyl (C=O) groups is 1. The highest BCUT2D eigenvalue weighted by Gasteiger charge is 2.19. The summed E-state index contributed by atoms with van der Waals surface area (Å²) in [4.78, 5) is 24.6. The van der Waals surface area contributed by atoms with E-state index in [0.717, 1.165) is 4.70 Å². The van der Waals surface area contributed by atoms with Gasteiger partial charge in [-0.25, -0.2) is 4.39 Å². The molecule has 3 rings (SSSR count). The number of fused-ring (bicyclic) bond motifs is 1. The molecule has 1 aromatic heterocycles. The minimum absolute atomic E-state index is 0.168. The topological polar surface area (TPSA) is 51.1 Å². The normalized spacial score (nSPS) is 12.3. The van der Waals surface area contributed by atoms with Crippen molar-refractivity contribution < 1.29 is 9.18 Å². The van der Waals surface area contributed by atoms with E-state index in [1.54, 1.807) is 31.2 Å². The number of hydrogen-bond acceptors (Lipinski definition) is 3. The van der Waals surface area contributed by atoms with Crippen molar-refractivity contribution in [2.75, 3.05) is 0 Å². The fourth-order valence-corrected chi connectivity index (χ4v) is 3.37. The highest BCUT2D eigenvalue weighted by atomic mass is 32.1. The van der Waals surface area contributed by atoms with Crippen molar-refractivity contribution in [3.05, 3.63) is 70.3 Å². The summed E-state index contributed by atoms with van der Waals surface area (Å²) < 4.78 is 15.4. The van der Waals surface area contributed by atoms with Gasteiger partial charge in [0.05, 0.1) is 10.1 Å². The quantitative estimate of drug-likeness (QED) is 0.799. The van der Waals surface area contributed by atoms with Gasteiger partial charge in [-0.15, -0.1) is 0 Å². The van der Waals surface area contributed by atoms with Crippen molar-refractivity contribution in [1.29, 1.82) is 0 Å². The third-order valence-electron chi connectivity index (χ3n) is 3.60. The SMILES string of the molecule is CC(C(=O)NCc1cccc(F)c1)n1sc2ccccc2c1=O. The summed E-state index contributed by atoms with van der Waals surface area (Å²) >= 11 is 1.27. The van der Waals surface area contributed by atoms with Crippen molar-refractivity contribution in [2.45, 2.75) is 19.5 Å². The average Bonchev–Trinajstić information content (AvgIpc) is 2.89. The highest BCUT2D eigenvalue weighted by Crippen LogP contribution is 2.19. The maximum absolute atomic E-state index is 13.1. The number of aromatic nitrogens is 1. The lowest BCUT2D eigenvalue weighted by molar-refractivity contribution is -0.123. The van der Waals surface area contributed by atoms with Crippen LogP contribution in [-0.4, -0.2) is 9.86 Å². The number of nitrogens with one attached hydrogen (secondary N) is 1. The molecule has 0 spiro atoms. The molecule has 0 saturated heterocycles. The van der Waals surface area contributed by atoms with Crippen LogP contribution in [0.3, 0.4) is 0 Å². The van der Waals surface area contributed by atoms with Crippen LogP contribution in [0.5, 0.6) is 0 Å². The van der Waals surface area contributed by atoms with Crippen LogP contribution in [0.1, 0.15) is 18.5 Å². The molecule has 0 aliphatic carbocycles. The first-order chi connectivity index (χ1) is 11.1. The van der Waals surface area contributed by atoms with E-state index in [0.29, 0.717) is 10.9 Å². The summed E-state index contributed by atoms with van der Waals surface area (Å²) in [5, 5.41) is 3.35. The number of halogens is 1. The van der Waals surface area contributed by atoms with Gasteiger partial charge in [0, 0.05) is 6.54 Å². The van der Waals surface area contributed by atoms with Crippen LogP contribution in [-0.2, 0) is 11.3 Å². The van der Waals surface area contributed by atoms with E-state index in [1.165, 1.54) is 27.6 Å². The monoisotopic (exact) mass is 330 g/mol. The summed E-state index contributed by atoms with van der Waals surface area (Å²) in [5.74, 6) is -0.617. The summed E-state index contributed by atoms with van der Waals surface area (Å²) in [7, 11) is 0. The summed E-state index contributed by atoms with van der Waals surface area (Å²) in [6, 6.07) is 12.7. The Kier molecular flexibility index (Phi) is 4.25. The molecular weight excluding hydrogens is 315 g/mol. The Morgan fingerprint density at radius 1 is 1.26 bits per heavy atom. The Labute approximate surface area is 136 Å². The predicted octanol–water partition coefficient (Wildman–Crippen LogP) is 3.08. The van der Waals surface area contributed by atoms with Crippen LogP contribution in [0, 0.1) is 5.82 Å². The van der Waals surface area contributed by atoms with E-state index >= 15 is 0 Å². The van der Waals surface area contributed by atoms with E-state index in [2.05, 4.69) is 5.32 Å². The zero-order valence-corrected chi connectivity index (χ0v) is 13.3. The van der Waals surface area contributed by atoms with Gasteiger partial charge in [0.1, 0.15) is 11.9 Å². The molecule has 4 nitrogen and oxygen atoms in total. The Morgan fingerprint density at radius 2 is 2.04 bits per heavy atom. The van der Waals surface area contributed by atoms with E-state index in [9.17, 15) is 14.0 Å². The van der Waals surface area contributed by atoms with Gasteiger partial charge in [-0.05, 0) is 36.8 Å². The maximum atomic E-state index is 13.1. The number of rotatable bonds is 4. The molecular formula is C17H15FN2O2S. The smallest absolute Gasteiger partial charge is 0.269 e. The Morgan fingerprint density at radius 3 is 2.78 bits per heavy atom. The molecule has 1 N–H and O–H groups in total. The van der Waals surface area contributed by atoms with Crippen LogP contribution in [0.2, 0.25) is 0 Å². The second kappa shape index (κ2) is 6.34. The van der Waals surface area contributed by atoms with Gasteiger partial charge in [0.25, 0.3) is 5.56 Å². The number of hydrogen-bond donors (Lipinski definition) is 1. The number of benzene rings is 2. The molecule has 23 heavy (non-hydrogen) atoms. The first kappa shape index (κ1) is 15.4. The predicted molar refractivity (Wildman–Crippen MR) is 89.0 cm³/mol. The van der Waals surface area contributed by atoms with Crippen molar-refractivity contribution in [2.24, 2.45) is 0 Å². The third kappa shape index (κ3) is 3.17. The summed E-state index contributed by atoms with van der Waals surface area (Å²) in [5.41, 5.74) is 0.508. The van der Waals surface area contributed by atoms with Gasteiger partial charge >= 0.3 is 0 Å². The van der Waals surface area contributed by atoms with Crippen molar-refractivity contribution in [3.63, 3.8) is 0 Å². The fraction of sp³-hybridized carbons (Fsp3) is 0.176. The third-order valence-corrected chi connectivity index (χ3v) is 4.83. The van der Waals surface area contributed by atoms with Crippen molar-refractivity contribution in [1.82, 2.24) is 9.27 Å². The Bertz CT molecular complexity index is 916. The summed E-state index contributed by atoms with van der Waals surface area (Å²) in [6.07, 6.45) is 0. The molecule has 2 aromatic carbocycles. The van der Waals surface area contributed by atoms with Gasteiger partial charge in [-0.3, -0.25) is 13.5 Å². The number of amides is 1. The lowest BCUT2D eigenvalue weighted by atomic mass is 10.2. The molecule has 1 unspecified atom stereocenters. The zero-order chi connectivity index (χ0) is 16.4. The molecule has 0 aliphatic heterocycles. The lowest BCUT2D eigenvalue weighted by Gasteiger charge is -2.12. The Hall–Kier alpha value is -2.47. The van der Waals surface area contributed by atoms with Gasteiger partial charge < -0.3 is 5.32 Å². The minimum atomic E-state index is -0.617. The molecule has 1 amide bonds. The highest BCUT2D eigenvalue weighted by molar-refractivity contribution is 7.14. The van der Waals surface area contributed by atoms with Crippen LogP contribution in [0.25, 0.3) is 10.1 Å². The van der Waals surface area contributed by atoms with Gasteiger partial charge in [-0.2, -0.15) is 0 Å². The van der Waals surface area contributed by atoms with Crippen LogP contribution >= 0.6 is 11.5 Å². The second-order valence-electron chi connectivity index (χ2n) is 5.24. The molecule has 0 radical (unpaired) electrons. The molecule has 0 saturated carbocycles. The molecule has 6 heteroatoms. The van der Waals surface area contributed by atoms with E-state index < -0.39 is 6.04 Å². The molecule has 0 fully saturated rings. The molecule has 3 aromatic rings. The van der Waals surface area contributed by atoms with Crippen LogP contribution in [0.15, 0.2) is 53.3 Å². The fourth-order valence-electron chi connectivity index (χ4n) is 2.33. The van der Waals surface area contributed by atoms with Gasteiger partial charge in [0.15, 0.2) is 0 Å². The number of carbonyl (C=O) groups excluding carboxylic acids is 1. The largest absolute Gasteiger partial charge is 0.350 e. The van der Waals surface area contributed by atoms with Crippen molar-refractivity contribution >= 4 is 27.5 Å². The number of nitrogens with zero attached hydrogens (tertiary/aromatic N) is 1. The van der Waals surface area contributed by atoms with Crippen LogP contribution < -0.4 is 10.9 Å². The lowest BCUT2D eigenvalue weighted by Crippen LogP contribution is -2.33. The van der Waals surface area contributed by atoms with Gasteiger partial charge in [-0.1, -0.05) is 35.8 Å². The van der Waals surface area contributed by atoms with Crippen LogP contribution in [0.4, 0.5) is 4.39 Å². The Balaban J connectivity index is 1.76. The van der Waals surface area contributed by atoms with Crippen molar-refractivity contribution in [3.8, 4) is 0 Å². The minimum Gasteiger partial charge on any atom is -0.350 e. The second-order valence-corrected chi connectivity index (χ2v) is 6.26. The first-order valence-corrected chi connectivity index (χ1v) is 7.96. The molecule has 1 atom stereocenters. The molecule has 0 bridgehead atoms. The van der Waals surface area contributed by atoms with E-state index in [4.69, 9.17) is 0 Å². The molecule has 118 valence electrons. The van der Waals surface area contributed by atoms with Gasteiger partial charge in [0.2, 0.25) is 5.91 Å². The molecule has 0 aliphatic rings. The summed E-state index contributed by atoms with van der Waals surface area (Å²) in [6.45, 7) is 1.90. The first-order valence-electron chi connectivity index (χ1n) is 7.19. The standard InChI is InChI=1S/C17H15FN2O2S/c1-11(16(21)19-10-12-5-4-6-13(18)9-12)20-17(22)14-7-2-3-8-15(14)23-20/h2-9,11H,10H2,1H3,(H,19,21). The average molecular weight is 330 g/mol. The maximum Gasteiger partial charge on any atom is 0.269 e. The van der Waals surface area contributed by atoms with E-state index in [-0.39, 0.29) is 23.8 Å². The van der Waals surface area contributed by atoms with E-state index in [1.807, 2.05) is 12.1 Å². The zero-order valence-electron chi connectivity index (χ0n) is 12.5.